The lowest BCUT2D eigenvalue weighted by molar-refractivity contribution is 0.346. The molecular formula is C10H22. The molecule has 0 radical (unpaired) electrons. The molecule has 2 unspecified atom stereocenters. The maximum atomic E-state index is 7.33. The molecule has 0 heteroatoms. The second-order valence-electron chi connectivity index (χ2n) is 3.29. The van der Waals surface area contributed by atoms with Crippen LogP contribution in [0.15, 0.2) is 0 Å². The summed E-state index contributed by atoms with van der Waals surface area (Å²) in [7, 11) is 0. The van der Waals surface area contributed by atoms with Gasteiger partial charge in [-0.15, -0.1) is 0 Å². The van der Waals surface area contributed by atoms with E-state index in [2.05, 4.69) is 20.8 Å². The van der Waals surface area contributed by atoms with Crippen LogP contribution in [0.25, 0.3) is 0 Å². The van der Waals surface area contributed by atoms with Crippen molar-refractivity contribution in [2.45, 2.75) is 53.4 Å². The SMILES string of the molecule is [2H]CC(CC)C(C)CCCC. The smallest absolute Gasteiger partial charge is 0.0233 e. The molecule has 0 saturated heterocycles. The fraction of sp³-hybridized carbons (Fsp3) is 1.00. The molecule has 0 aromatic heterocycles. The second-order valence-corrected chi connectivity index (χ2v) is 3.29. The molecule has 0 aromatic rings. The summed E-state index contributed by atoms with van der Waals surface area (Å²) in [6.45, 7) is 7.33. The number of rotatable bonds is 5. The van der Waals surface area contributed by atoms with Crippen molar-refractivity contribution in [1.82, 2.24) is 0 Å². The number of hydrogen-bond donors (Lipinski definition) is 0. The van der Waals surface area contributed by atoms with Gasteiger partial charge in [-0.25, -0.2) is 0 Å². The molecule has 0 bridgehead atoms. The van der Waals surface area contributed by atoms with E-state index < -0.39 is 0 Å². The topological polar surface area (TPSA) is 0 Å². The van der Waals surface area contributed by atoms with Gasteiger partial charge in [-0.05, 0) is 11.8 Å². The van der Waals surface area contributed by atoms with Crippen LogP contribution < -0.4 is 0 Å². The molecule has 0 saturated carbocycles. The zero-order valence-electron chi connectivity index (χ0n) is 8.69. The lowest BCUT2D eigenvalue weighted by Gasteiger charge is -2.17. The van der Waals surface area contributed by atoms with Gasteiger partial charge in [-0.2, -0.15) is 0 Å². The number of hydrogen-bond acceptors (Lipinski definition) is 0. The summed E-state index contributed by atoms with van der Waals surface area (Å²) in [6.07, 6.45) is 5.11. The summed E-state index contributed by atoms with van der Waals surface area (Å²) in [5.41, 5.74) is 0. The van der Waals surface area contributed by atoms with Crippen molar-refractivity contribution in [3.8, 4) is 0 Å². The van der Waals surface area contributed by atoms with Gasteiger partial charge in [0.2, 0.25) is 0 Å². The summed E-state index contributed by atoms with van der Waals surface area (Å²) in [4.78, 5) is 0. The Morgan fingerprint density at radius 1 is 1.30 bits per heavy atom. The minimum absolute atomic E-state index is 0.612. The summed E-state index contributed by atoms with van der Waals surface area (Å²) in [5, 5.41) is 0. The van der Waals surface area contributed by atoms with Crippen molar-refractivity contribution in [1.29, 1.82) is 0 Å². The van der Waals surface area contributed by atoms with E-state index >= 15 is 0 Å². The highest BCUT2D eigenvalue weighted by Gasteiger charge is 2.08. The molecule has 0 nitrogen and oxygen atoms in total. The normalized spacial score (nSPS) is 18.1. The van der Waals surface area contributed by atoms with Crippen LogP contribution in [-0.2, 0) is 0 Å². The molecule has 62 valence electrons. The van der Waals surface area contributed by atoms with Crippen LogP contribution in [0.5, 0.6) is 0 Å². The molecule has 10 heavy (non-hydrogen) atoms. The highest BCUT2D eigenvalue weighted by Crippen LogP contribution is 2.19. The first-order chi connectivity index (χ1) is 5.26. The summed E-state index contributed by atoms with van der Waals surface area (Å²) >= 11 is 0. The van der Waals surface area contributed by atoms with Crippen molar-refractivity contribution >= 4 is 0 Å². The first kappa shape index (κ1) is 8.10. The highest BCUT2D eigenvalue weighted by atomic mass is 14.1. The molecule has 0 fully saturated rings. The zero-order chi connectivity index (χ0) is 8.69. The Bertz CT molecular complexity index is 76.9. The van der Waals surface area contributed by atoms with E-state index in [-0.39, 0.29) is 0 Å². The Hall–Kier alpha value is 0. The average Bonchev–Trinajstić information content (AvgIpc) is 2.03. The summed E-state index contributed by atoms with van der Waals surface area (Å²) < 4.78 is 7.33. The van der Waals surface area contributed by atoms with Crippen LogP contribution in [-0.4, -0.2) is 0 Å². The van der Waals surface area contributed by atoms with Gasteiger partial charge in [0.05, 0.1) is 0 Å². The molecule has 0 aromatic carbocycles. The van der Waals surface area contributed by atoms with Gasteiger partial charge in [0.25, 0.3) is 0 Å². The van der Waals surface area contributed by atoms with Crippen molar-refractivity contribution in [2.75, 3.05) is 0 Å². The van der Waals surface area contributed by atoms with E-state index in [0.717, 1.165) is 5.92 Å². The largest absolute Gasteiger partial charge is 0.0654 e. The van der Waals surface area contributed by atoms with Gasteiger partial charge >= 0.3 is 0 Å². The van der Waals surface area contributed by atoms with E-state index in [9.17, 15) is 0 Å². The third-order valence-corrected chi connectivity index (χ3v) is 2.34. The Morgan fingerprint density at radius 3 is 2.40 bits per heavy atom. The van der Waals surface area contributed by atoms with Crippen molar-refractivity contribution in [3.63, 3.8) is 0 Å². The molecule has 2 atom stereocenters. The van der Waals surface area contributed by atoms with Crippen molar-refractivity contribution in [2.24, 2.45) is 11.8 Å². The molecule has 0 aliphatic rings. The Morgan fingerprint density at radius 2 is 2.00 bits per heavy atom. The van der Waals surface area contributed by atoms with Crippen LogP contribution in [0.2, 0.25) is 0 Å². The fourth-order valence-electron chi connectivity index (χ4n) is 1.16. The predicted octanol–water partition coefficient (Wildman–Crippen LogP) is 3.86. The molecule has 0 aliphatic heterocycles. The lowest BCUT2D eigenvalue weighted by atomic mass is 9.89. The van der Waals surface area contributed by atoms with E-state index in [1.807, 2.05) is 0 Å². The van der Waals surface area contributed by atoms with E-state index in [0.29, 0.717) is 12.8 Å². The van der Waals surface area contributed by atoms with Gasteiger partial charge in [0, 0.05) is 1.37 Å². The van der Waals surface area contributed by atoms with E-state index in [1.54, 1.807) is 0 Å². The van der Waals surface area contributed by atoms with Crippen LogP contribution >= 0.6 is 0 Å². The number of unbranched alkanes of at least 4 members (excludes halogenated alkanes) is 1. The minimum atomic E-state index is 0.612. The molecule has 0 amide bonds. The fourth-order valence-corrected chi connectivity index (χ4v) is 1.16. The summed E-state index contributed by atoms with van der Waals surface area (Å²) in [6, 6.07) is 0. The maximum absolute atomic E-state index is 7.33. The highest BCUT2D eigenvalue weighted by molar-refractivity contribution is 4.59. The van der Waals surface area contributed by atoms with E-state index in [4.69, 9.17) is 1.37 Å². The summed E-state index contributed by atoms with van der Waals surface area (Å²) in [5.74, 6) is 1.40. The van der Waals surface area contributed by atoms with Gasteiger partial charge in [-0.3, -0.25) is 0 Å². The molecule has 0 aliphatic carbocycles. The average molecular weight is 143 g/mol. The molecule has 0 N–H and O–H groups in total. The van der Waals surface area contributed by atoms with E-state index in [1.165, 1.54) is 25.7 Å². The molecule has 0 rings (SSSR count). The standard InChI is InChI=1S/C10H22/c1-5-7-8-10(4)9(3)6-2/h9-10H,5-8H2,1-4H3/i3D. The van der Waals surface area contributed by atoms with Crippen LogP contribution in [0, 0.1) is 11.8 Å². The molecular weight excluding hydrogens is 120 g/mol. The van der Waals surface area contributed by atoms with Gasteiger partial charge in [0.15, 0.2) is 0 Å². The van der Waals surface area contributed by atoms with Gasteiger partial charge < -0.3 is 0 Å². The zero-order valence-corrected chi connectivity index (χ0v) is 7.69. The van der Waals surface area contributed by atoms with Crippen molar-refractivity contribution in [3.05, 3.63) is 0 Å². The molecule has 0 spiro atoms. The van der Waals surface area contributed by atoms with Gasteiger partial charge in [0.1, 0.15) is 0 Å². The minimum Gasteiger partial charge on any atom is -0.0654 e. The van der Waals surface area contributed by atoms with Crippen LogP contribution in [0.4, 0.5) is 0 Å². The maximum Gasteiger partial charge on any atom is 0.0233 e. The predicted molar refractivity (Wildman–Crippen MR) is 48.1 cm³/mol. The first-order valence-electron chi connectivity index (χ1n) is 5.26. The lowest BCUT2D eigenvalue weighted by Crippen LogP contribution is -2.06. The second kappa shape index (κ2) is 5.76. The third-order valence-electron chi connectivity index (χ3n) is 2.34. The monoisotopic (exact) mass is 143 g/mol. The van der Waals surface area contributed by atoms with Crippen LogP contribution in [0.1, 0.15) is 54.7 Å². The quantitative estimate of drug-likeness (QED) is 0.548. The Balaban J connectivity index is 3.51. The van der Waals surface area contributed by atoms with Crippen LogP contribution in [0.3, 0.4) is 0 Å². The Kier molecular flexibility index (Phi) is 4.67. The van der Waals surface area contributed by atoms with Gasteiger partial charge in [-0.1, -0.05) is 53.4 Å². The first-order valence-corrected chi connectivity index (χ1v) is 4.55. The third kappa shape index (κ3) is 3.92. The Labute approximate surface area is 67.4 Å². The van der Waals surface area contributed by atoms with Crippen molar-refractivity contribution < 1.29 is 1.37 Å². The molecule has 0 heterocycles.